The predicted molar refractivity (Wildman–Crippen MR) is 73.8 cm³/mol. The van der Waals surface area contributed by atoms with E-state index in [-0.39, 0.29) is 22.2 Å². The van der Waals surface area contributed by atoms with Crippen LogP contribution in [0.2, 0.25) is 0 Å². The molecule has 8 heteroatoms. The molecular weight excluding hydrogens is 322 g/mol. The zero-order valence-electron chi connectivity index (χ0n) is 10.5. The molecule has 1 unspecified atom stereocenters. The number of ether oxygens (including phenoxy) is 1. The van der Waals surface area contributed by atoms with Gasteiger partial charge in [0.25, 0.3) is 0 Å². The van der Waals surface area contributed by atoms with E-state index < -0.39 is 11.6 Å². The van der Waals surface area contributed by atoms with Crippen molar-refractivity contribution in [2.45, 2.75) is 13.0 Å². The molecule has 0 saturated carbocycles. The molecule has 1 aromatic rings. The second-order valence-corrected chi connectivity index (χ2v) is 4.65. The number of nitrogens with one attached hydrogen (secondary N) is 2. The Kier molecular flexibility index (Phi) is 6.13. The summed E-state index contributed by atoms with van der Waals surface area (Å²) in [5, 5.41) is 2.64. The molecule has 1 atom stereocenters. The highest BCUT2D eigenvalue weighted by Gasteiger charge is 2.10. The molecule has 0 bridgehead atoms. The average Bonchev–Trinajstić information content (AvgIpc) is 2.35. The van der Waals surface area contributed by atoms with Gasteiger partial charge in [0.05, 0.1) is 22.8 Å². The number of hydrogen-bond donors (Lipinski definition) is 3. The summed E-state index contributed by atoms with van der Waals surface area (Å²) in [6, 6.07) is 1.85. The van der Waals surface area contributed by atoms with E-state index in [4.69, 9.17) is 10.6 Å². The van der Waals surface area contributed by atoms with Crippen LogP contribution in [0.15, 0.2) is 21.6 Å². The number of hydrogen-bond acceptors (Lipinski definition) is 3. The SMILES string of the molecule is COCC(C)N=C(NN)Nc1cc(Br)c(F)cc1F. The summed E-state index contributed by atoms with van der Waals surface area (Å²) in [5.74, 6) is 4.01. The minimum Gasteiger partial charge on any atom is -0.382 e. The Balaban J connectivity index is 2.90. The second kappa shape index (κ2) is 7.37. The highest BCUT2D eigenvalue weighted by molar-refractivity contribution is 9.10. The van der Waals surface area contributed by atoms with Crippen molar-refractivity contribution in [2.75, 3.05) is 19.0 Å². The lowest BCUT2D eigenvalue weighted by atomic mass is 10.3. The Morgan fingerprint density at radius 2 is 2.16 bits per heavy atom. The number of aliphatic imine (C=N–C) groups is 1. The van der Waals surface area contributed by atoms with Gasteiger partial charge in [-0.05, 0) is 28.9 Å². The summed E-state index contributed by atoms with van der Waals surface area (Å²) in [5.41, 5.74) is 2.36. The number of methoxy groups -OCH3 is 1. The number of nitrogens with zero attached hydrogens (tertiary/aromatic N) is 1. The molecule has 0 aliphatic carbocycles. The molecule has 0 aliphatic rings. The average molecular weight is 337 g/mol. The number of anilines is 1. The standard InChI is InChI=1S/C11H15BrF2N4O/c1-6(5-19-2)16-11(18-15)17-10-3-7(12)8(13)4-9(10)14/h3-4,6H,5,15H2,1-2H3,(H2,16,17,18). The van der Waals surface area contributed by atoms with Crippen molar-refractivity contribution >= 4 is 27.6 Å². The molecule has 1 rings (SSSR count). The molecule has 1 aromatic carbocycles. The van der Waals surface area contributed by atoms with Crippen LogP contribution in [-0.2, 0) is 4.74 Å². The van der Waals surface area contributed by atoms with Gasteiger partial charge in [0.15, 0.2) is 0 Å². The first-order valence-electron chi connectivity index (χ1n) is 5.42. The third kappa shape index (κ3) is 4.73. The number of benzene rings is 1. The largest absolute Gasteiger partial charge is 0.382 e. The summed E-state index contributed by atoms with van der Waals surface area (Å²) < 4.78 is 31.7. The zero-order valence-corrected chi connectivity index (χ0v) is 12.1. The van der Waals surface area contributed by atoms with Crippen LogP contribution in [0.5, 0.6) is 0 Å². The Morgan fingerprint density at radius 3 is 2.74 bits per heavy atom. The lowest BCUT2D eigenvalue weighted by Gasteiger charge is -2.13. The van der Waals surface area contributed by atoms with Crippen LogP contribution in [0, 0.1) is 11.6 Å². The van der Waals surface area contributed by atoms with E-state index in [1.807, 2.05) is 0 Å². The normalized spacial score (nSPS) is 13.3. The Bertz CT molecular complexity index is 470. The Labute approximate surface area is 118 Å². The minimum atomic E-state index is -0.747. The molecule has 4 N–H and O–H groups in total. The van der Waals surface area contributed by atoms with Crippen molar-refractivity contribution in [1.82, 2.24) is 5.43 Å². The molecule has 0 aromatic heterocycles. The highest BCUT2D eigenvalue weighted by Crippen LogP contribution is 2.23. The molecule has 0 heterocycles. The van der Waals surface area contributed by atoms with Gasteiger partial charge >= 0.3 is 0 Å². The van der Waals surface area contributed by atoms with E-state index >= 15 is 0 Å². The molecule has 5 nitrogen and oxygen atoms in total. The monoisotopic (exact) mass is 336 g/mol. The van der Waals surface area contributed by atoms with Crippen LogP contribution in [-0.4, -0.2) is 25.7 Å². The van der Waals surface area contributed by atoms with Gasteiger partial charge in [-0.3, -0.25) is 5.43 Å². The van der Waals surface area contributed by atoms with Gasteiger partial charge in [-0.25, -0.2) is 19.6 Å². The number of guanidine groups is 1. The van der Waals surface area contributed by atoms with Crippen LogP contribution in [0.25, 0.3) is 0 Å². The molecule has 0 amide bonds. The Hall–Kier alpha value is -1.25. The van der Waals surface area contributed by atoms with E-state index in [1.165, 1.54) is 6.07 Å². The maximum atomic E-state index is 13.5. The van der Waals surface area contributed by atoms with Crippen molar-refractivity contribution in [1.29, 1.82) is 0 Å². The fourth-order valence-corrected chi connectivity index (χ4v) is 1.69. The predicted octanol–water partition coefficient (Wildman–Crippen LogP) is 1.99. The van der Waals surface area contributed by atoms with Crippen LogP contribution >= 0.6 is 15.9 Å². The summed E-state index contributed by atoms with van der Waals surface area (Å²) in [4.78, 5) is 4.14. The fraction of sp³-hybridized carbons (Fsp3) is 0.364. The van der Waals surface area contributed by atoms with Crippen LogP contribution in [0.3, 0.4) is 0 Å². The molecule has 106 valence electrons. The first kappa shape index (κ1) is 15.8. The molecule has 0 spiro atoms. The maximum absolute atomic E-state index is 13.5. The van der Waals surface area contributed by atoms with Gasteiger partial charge in [0.1, 0.15) is 11.6 Å². The van der Waals surface area contributed by atoms with Crippen molar-refractivity contribution < 1.29 is 13.5 Å². The molecule has 0 saturated heterocycles. The van der Waals surface area contributed by atoms with Gasteiger partial charge in [0, 0.05) is 13.2 Å². The summed E-state index contributed by atoms with van der Waals surface area (Å²) in [6.07, 6.45) is 0. The molecule has 0 fully saturated rings. The van der Waals surface area contributed by atoms with E-state index in [0.717, 1.165) is 6.07 Å². The minimum absolute atomic E-state index is 0.0505. The third-order valence-electron chi connectivity index (χ3n) is 2.16. The van der Waals surface area contributed by atoms with Gasteiger partial charge in [-0.2, -0.15) is 0 Å². The summed E-state index contributed by atoms with van der Waals surface area (Å²) >= 11 is 2.97. The van der Waals surface area contributed by atoms with E-state index in [0.29, 0.717) is 6.61 Å². The second-order valence-electron chi connectivity index (χ2n) is 3.80. The number of hydrazine groups is 1. The van der Waals surface area contributed by atoms with Crippen LogP contribution in [0.1, 0.15) is 6.92 Å². The van der Waals surface area contributed by atoms with Crippen LogP contribution in [0.4, 0.5) is 14.5 Å². The first-order valence-corrected chi connectivity index (χ1v) is 6.22. The van der Waals surface area contributed by atoms with Crippen molar-refractivity contribution in [3.8, 4) is 0 Å². The number of halogens is 3. The fourth-order valence-electron chi connectivity index (χ4n) is 1.35. The molecule has 0 aliphatic heterocycles. The van der Waals surface area contributed by atoms with E-state index in [9.17, 15) is 8.78 Å². The topological polar surface area (TPSA) is 71.7 Å². The first-order chi connectivity index (χ1) is 8.97. The van der Waals surface area contributed by atoms with Crippen LogP contribution < -0.4 is 16.6 Å². The highest BCUT2D eigenvalue weighted by atomic mass is 79.9. The van der Waals surface area contributed by atoms with Gasteiger partial charge in [-0.15, -0.1) is 0 Å². The van der Waals surface area contributed by atoms with Gasteiger partial charge in [0.2, 0.25) is 5.96 Å². The van der Waals surface area contributed by atoms with Gasteiger partial charge in [-0.1, -0.05) is 0 Å². The maximum Gasteiger partial charge on any atom is 0.210 e. The summed E-state index contributed by atoms with van der Waals surface area (Å²) in [7, 11) is 1.55. The van der Waals surface area contributed by atoms with Crippen molar-refractivity contribution in [3.63, 3.8) is 0 Å². The lowest BCUT2D eigenvalue weighted by molar-refractivity contribution is 0.185. The van der Waals surface area contributed by atoms with Crippen molar-refractivity contribution in [3.05, 3.63) is 28.2 Å². The Morgan fingerprint density at radius 1 is 1.47 bits per heavy atom. The van der Waals surface area contributed by atoms with E-state index in [1.54, 1.807) is 14.0 Å². The molecule has 19 heavy (non-hydrogen) atoms. The molecular formula is C11H15BrF2N4O. The number of rotatable bonds is 4. The molecule has 0 radical (unpaired) electrons. The van der Waals surface area contributed by atoms with E-state index in [2.05, 4.69) is 31.7 Å². The van der Waals surface area contributed by atoms with Gasteiger partial charge < -0.3 is 10.1 Å². The zero-order chi connectivity index (χ0) is 14.4. The van der Waals surface area contributed by atoms with Crippen molar-refractivity contribution in [2.24, 2.45) is 10.8 Å². The lowest BCUT2D eigenvalue weighted by Crippen LogP contribution is -2.37. The quantitative estimate of drug-likeness (QED) is 0.258. The third-order valence-corrected chi connectivity index (χ3v) is 2.76. The summed E-state index contributed by atoms with van der Waals surface area (Å²) in [6.45, 7) is 2.20. The number of nitrogens with two attached hydrogens (primary N) is 1. The smallest absolute Gasteiger partial charge is 0.210 e.